The number of rotatable bonds is 3. The Hall–Kier alpha value is -2.29. The van der Waals surface area contributed by atoms with Gasteiger partial charge >= 0.3 is 0 Å². The molecule has 80 valence electrons. The van der Waals surface area contributed by atoms with Gasteiger partial charge in [0, 0.05) is 17.3 Å². The van der Waals surface area contributed by atoms with Gasteiger partial charge in [0.15, 0.2) is 6.29 Å². The second-order valence-corrected chi connectivity index (χ2v) is 3.32. The van der Waals surface area contributed by atoms with E-state index in [2.05, 4.69) is 0 Å². The van der Waals surface area contributed by atoms with E-state index in [1.54, 1.807) is 18.2 Å². The number of benzene rings is 2. The molecule has 0 amide bonds. The summed E-state index contributed by atoms with van der Waals surface area (Å²) >= 11 is 0. The highest BCUT2D eigenvalue weighted by Crippen LogP contribution is 2.24. The Balaban J connectivity index is 2.23. The zero-order chi connectivity index (χ0) is 11.4. The number of nitrogen functional groups attached to an aromatic ring is 1. The van der Waals surface area contributed by atoms with Crippen LogP contribution in [0.5, 0.6) is 11.5 Å². The van der Waals surface area contributed by atoms with Crippen LogP contribution in [-0.2, 0) is 0 Å². The number of nitrogens with two attached hydrogens (primary N) is 1. The van der Waals surface area contributed by atoms with Crippen molar-refractivity contribution in [1.29, 1.82) is 0 Å². The molecule has 0 aliphatic rings. The fourth-order valence-corrected chi connectivity index (χ4v) is 1.35. The van der Waals surface area contributed by atoms with Crippen molar-refractivity contribution in [3.63, 3.8) is 0 Å². The first kappa shape index (κ1) is 10.2. The van der Waals surface area contributed by atoms with Crippen molar-refractivity contribution in [3.8, 4) is 11.5 Å². The molecule has 0 atom stereocenters. The predicted molar refractivity (Wildman–Crippen MR) is 62.8 cm³/mol. The minimum absolute atomic E-state index is 0.420. The van der Waals surface area contributed by atoms with E-state index in [0.717, 1.165) is 12.0 Å². The van der Waals surface area contributed by atoms with Crippen LogP contribution >= 0.6 is 0 Å². The number of para-hydroxylation sites is 1. The van der Waals surface area contributed by atoms with Crippen LogP contribution < -0.4 is 10.5 Å². The Morgan fingerprint density at radius 3 is 2.38 bits per heavy atom. The van der Waals surface area contributed by atoms with Gasteiger partial charge in [-0.2, -0.15) is 0 Å². The average molecular weight is 213 g/mol. The number of hydrogen-bond acceptors (Lipinski definition) is 3. The Morgan fingerprint density at radius 1 is 1.00 bits per heavy atom. The zero-order valence-electron chi connectivity index (χ0n) is 8.59. The molecule has 16 heavy (non-hydrogen) atoms. The van der Waals surface area contributed by atoms with Gasteiger partial charge in [-0.1, -0.05) is 18.2 Å². The summed E-state index contributed by atoms with van der Waals surface area (Å²) in [5, 5.41) is 0. The molecule has 2 N–H and O–H groups in total. The van der Waals surface area contributed by atoms with Gasteiger partial charge in [0.1, 0.15) is 11.5 Å². The van der Waals surface area contributed by atoms with E-state index in [0.29, 0.717) is 17.0 Å². The van der Waals surface area contributed by atoms with Gasteiger partial charge in [-0.15, -0.1) is 0 Å². The van der Waals surface area contributed by atoms with Gasteiger partial charge in [-0.05, 0) is 24.3 Å². The highest BCUT2D eigenvalue weighted by molar-refractivity contribution is 5.83. The smallest absolute Gasteiger partial charge is 0.152 e. The molecule has 0 radical (unpaired) electrons. The third-order valence-corrected chi connectivity index (χ3v) is 2.16. The lowest BCUT2D eigenvalue weighted by Gasteiger charge is -2.06. The van der Waals surface area contributed by atoms with Crippen molar-refractivity contribution < 1.29 is 9.53 Å². The van der Waals surface area contributed by atoms with E-state index in [9.17, 15) is 4.79 Å². The molecular formula is C13H11NO2. The van der Waals surface area contributed by atoms with Crippen molar-refractivity contribution in [2.75, 3.05) is 5.73 Å². The van der Waals surface area contributed by atoms with Gasteiger partial charge < -0.3 is 10.5 Å². The first-order valence-electron chi connectivity index (χ1n) is 4.87. The molecule has 0 aliphatic carbocycles. The van der Waals surface area contributed by atoms with Gasteiger partial charge in [0.05, 0.1) is 0 Å². The molecule has 3 heteroatoms. The topological polar surface area (TPSA) is 52.3 Å². The Kier molecular flexibility index (Phi) is 2.87. The average Bonchev–Trinajstić information content (AvgIpc) is 2.31. The number of carbonyl (C=O) groups excluding carboxylic acids is 1. The van der Waals surface area contributed by atoms with Crippen molar-refractivity contribution in [3.05, 3.63) is 54.1 Å². The lowest BCUT2D eigenvalue weighted by Crippen LogP contribution is -1.93. The Labute approximate surface area is 93.5 Å². The maximum atomic E-state index is 10.6. The normalized spacial score (nSPS) is 9.75. The largest absolute Gasteiger partial charge is 0.457 e. The van der Waals surface area contributed by atoms with Gasteiger partial charge in [0.2, 0.25) is 0 Å². The molecule has 0 spiro atoms. The molecule has 0 bridgehead atoms. The van der Waals surface area contributed by atoms with Crippen LogP contribution in [0.3, 0.4) is 0 Å². The summed E-state index contributed by atoms with van der Waals surface area (Å²) in [6.07, 6.45) is 0.724. The highest BCUT2D eigenvalue weighted by Gasteiger charge is 2.01. The first-order chi connectivity index (χ1) is 7.79. The zero-order valence-corrected chi connectivity index (χ0v) is 8.59. The predicted octanol–water partition coefficient (Wildman–Crippen LogP) is 2.87. The minimum atomic E-state index is 0.420. The molecule has 2 rings (SSSR count). The van der Waals surface area contributed by atoms with Crippen LogP contribution in [0.4, 0.5) is 5.69 Å². The number of ether oxygens (including phenoxy) is 1. The molecule has 0 heterocycles. The standard InChI is InChI=1S/C13H11NO2/c14-13-8-12(7-6-10(13)9-15)16-11-4-2-1-3-5-11/h1-9H,14H2. The molecule has 0 saturated heterocycles. The number of aldehydes is 1. The van der Waals surface area contributed by atoms with Crippen LogP contribution in [0.2, 0.25) is 0 Å². The van der Waals surface area contributed by atoms with Crippen LogP contribution in [0, 0.1) is 0 Å². The van der Waals surface area contributed by atoms with E-state index in [4.69, 9.17) is 10.5 Å². The summed E-state index contributed by atoms with van der Waals surface area (Å²) in [4.78, 5) is 10.6. The SMILES string of the molecule is Nc1cc(Oc2ccccc2)ccc1C=O. The fraction of sp³-hybridized carbons (Fsp3) is 0. The van der Waals surface area contributed by atoms with E-state index >= 15 is 0 Å². The molecule has 2 aromatic rings. The van der Waals surface area contributed by atoms with E-state index < -0.39 is 0 Å². The monoisotopic (exact) mass is 213 g/mol. The van der Waals surface area contributed by atoms with E-state index in [1.807, 2.05) is 30.3 Å². The first-order valence-corrected chi connectivity index (χ1v) is 4.87. The summed E-state index contributed by atoms with van der Waals surface area (Å²) in [7, 11) is 0. The number of anilines is 1. The van der Waals surface area contributed by atoms with Crippen LogP contribution in [0.1, 0.15) is 10.4 Å². The third-order valence-electron chi connectivity index (χ3n) is 2.16. The lowest BCUT2D eigenvalue weighted by molar-refractivity contribution is 0.112. The summed E-state index contributed by atoms with van der Waals surface area (Å²) in [5.41, 5.74) is 6.57. The summed E-state index contributed by atoms with van der Waals surface area (Å²) in [6.45, 7) is 0. The molecular weight excluding hydrogens is 202 g/mol. The molecule has 2 aromatic carbocycles. The Morgan fingerprint density at radius 2 is 1.75 bits per heavy atom. The molecule has 0 fully saturated rings. The Bertz CT molecular complexity index is 495. The third kappa shape index (κ3) is 2.20. The maximum Gasteiger partial charge on any atom is 0.152 e. The second-order valence-electron chi connectivity index (χ2n) is 3.32. The second kappa shape index (κ2) is 4.49. The molecule has 3 nitrogen and oxygen atoms in total. The summed E-state index contributed by atoms with van der Waals surface area (Å²) in [5.74, 6) is 1.36. The maximum absolute atomic E-state index is 10.6. The highest BCUT2D eigenvalue weighted by atomic mass is 16.5. The molecule has 0 aliphatic heterocycles. The van der Waals surface area contributed by atoms with E-state index in [1.165, 1.54) is 0 Å². The molecule has 0 aromatic heterocycles. The van der Waals surface area contributed by atoms with Crippen LogP contribution in [0.15, 0.2) is 48.5 Å². The quantitative estimate of drug-likeness (QED) is 0.630. The van der Waals surface area contributed by atoms with Gasteiger partial charge in [-0.25, -0.2) is 0 Å². The number of hydrogen-bond donors (Lipinski definition) is 1. The van der Waals surface area contributed by atoms with Crippen molar-refractivity contribution in [1.82, 2.24) is 0 Å². The molecule has 0 unspecified atom stereocenters. The van der Waals surface area contributed by atoms with Crippen molar-refractivity contribution >= 4 is 12.0 Å². The summed E-state index contributed by atoms with van der Waals surface area (Å²) in [6, 6.07) is 14.4. The lowest BCUT2D eigenvalue weighted by atomic mass is 10.2. The van der Waals surface area contributed by atoms with E-state index in [-0.39, 0.29) is 0 Å². The van der Waals surface area contributed by atoms with Crippen LogP contribution in [-0.4, -0.2) is 6.29 Å². The minimum Gasteiger partial charge on any atom is -0.457 e. The van der Waals surface area contributed by atoms with Crippen molar-refractivity contribution in [2.45, 2.75) is 0 Å². The fourth-order valence-electron chi connectivity index (χ4n) is 1.35. The summed E-state index contributed by atoms with van der Waals surface area (Å²) < 4.78 is 5.56. The van der Waals surface area contributed by atoms with Gasteiger partial charge in [-0.3, -0.25) is 4.79 Å². The van der Waals surface area contributed by atoms with Crippen LogP contribution in [0.25, 0.3) is 0 Å². The van der Waals surface area contributed by atoms with Crippen molar-refractivity contribution in [2.24, 2.45) is 0 Å². The molecule has 0 saturated carbocycles. The van der Waals surface area contributed by atoms with Gasteiger partial charge in [0.25, 0.3) is 0 Å². The number of carbonyl (C=O) groups is 1.